The predicted molar refractivity (Wildman–Crippen MR) is 92.7 cm³/mol. The van der Waals surface area contributed by atoms with Crippen LogP contribution in [0.3, 0.4) is 0 Å². The fourth-order valence-electron chi connectivity index (χ4n) is 3.97. The molecule has 2 fully saturated rings. The summed E-state index contributed by atoms with van der Waals surface area (Å²) in [5.41, 5.74) is 0. The highest BCUT2D eigenvalue weighted by Crippen LogP contribution is 2.32. The molecule has 2 atom stereocenters. The van der Waals surface area contributed by atoms with Gasteiger partial charge in [-0.15, -0.1) is 0 Å². The molecule has 0 aromatic rings. The van der Waals surface area contributed by atoms with Gasteiger partial charge >= 0.3 is 0 Å². The molecule has 2 nitrogen and oxygen atoms in total. The van der Waals surface area contributed by atoms with Crippen LogP contribution in [0.15, 0.2) is 0 Å². The summed E-state index contributed by atoms with van der Waals surface area (Å²) in [4.78, 5) is 12.9. The van der Waals surface area contributed by atoms with Gasteiger partial charge in [-0.3, -0.25) is 4.79 Å². The third-order valence-corrected chi connectivity index (χ3v) is 6.74. The fourth-order valence-corrected chi connectivity index (χ4v) is 4.75. The summed E-state index contributed by atoms with van der Waals surface area (Å²) in [6.45, 7) is 3.14. The second-order valence-corrected chi connectivity index (χ2v) is 8.34. The number of carbonyl (C=O) groups excluding carboxylic acids is 1. The van der Waals surface area contributed by atoms with Crippen LogP contribution in [-0.2, 0) is 4.79 Å². The molecule has 1 N–H and O–H groups in total. The maximum absolute atomic E-state index is 12.3. The molecule has 2 unspecified atom stereocenters. The smallest absolute Gasteiger partial charge is 0.223 e. The van der Waals surface area contributed by atoms with Crippen molar-refractivity contribution in [3.8, 4) is 0 Å². The lowest BCUT2D eigenvalue weighted by Gasteiger charge is -2.30. The number of amides is 1. The van der Waals surface area contributed by atoms with Gasteiger partial charge < -0.3 is 5.32 Å². The Labute approximate surface area is 139 Å². The minimum Gasteiger partial charge on any atom is -0.356 e. The maximum Gasteiger partial charge on any atom is 0.223 e. The van der Waals surface area contributed by atoms with E-state index in [2.05, 4.69) is 28.2 Å². The average Bonchev–Trinajstić information content (AvgIpc) is 2.52. The van der Waals surface area contributed by atoms with Gasteiger partial charge in [-0.2, -0.15) is 0 Å². The molecular formula is C18H32BrNO. The lowest BCUT2D eigenvalue weighted by molar-refractivity contribution is -0.126. The quantitative estimate of drug-likeness (QED) is 0.661. The maximum atomic E-state index is 12.3. The van der Waals surface area contributed by atoms with Crippen LogP contribution >= 0.6 is 15.9 Å². The van der Waals surface area contributed by atoms with E-state index in [1.165, 1.54) is 57.8 Å². The molecule has 2 saturated carbocycles. The van der Waals surface area contributed by atoms with E-state index in [-0.39, 0.29) is 0 Å². The number of nitrogens with one attached hydrogen (secondary N) is 1. The monoisotopic (exact) mass is 357 g/mol. The van der Waals surface area contributed by atoms with Crippen LogP contribution in [0.1, 0.15) is 77.6 Å². The Hall–Kier alpha value is -0.0500. The van der Waals surface area contributed by atoms with Crippen molar-refractivity contribution in [3.63, 3.8) is 0 Å². The van der Waals surface area contributed by atoms with Crippen molar-refractivity contribution in [2.24, 2.45) is 17.8 Å². The molecule has 0 aromatic carbocycles. The Balaban J connectivity index is 1.65. The Bertz CT molecular complexity index is 312. The van der Waals surface area contributed by atoms with Crippen molar-refractivity contribution >= 4 is 21.8 Å². The van der Waals surface area contributed by atoms with Crippen LogP contribution in [0.2, 0.25) is 0 Å². The van der Waals surface area contributed by atoms with Gasteiger partial charge in [0.15, 0.2) is 0 Å². The number of rotatable bonds is 6. The molecule has 0 heterocycles. The topological polar surface area (TPSA) is 29.1 Å². The summed E-state index contributed by atoms with van der Waals surface area (Å²) in [7, 11) is 0. The number of alkyl halides is 1. The summed E-state index contributed by atoms with van der Waals surface area (Å²) in [6, 6.07) is 0. The van der Waals surface area contributed by atoms with Gasteiger partial charge in [-0.05, 0) is 50.4 Å². The van der Waals surface area contributed by atoms with E-state index < -0.39 is 0 Å². The number of hydrogen-bond acceptors (Lipinski definition) is 1. The zero-order valence-corrected chi connectivity index (χ0v) is 15.2. The van der Waals surface area contributed by atoms with E-state index in [1.54, 1.807) is 0 Å². The molecule has 0 spiro atoms. The normalized spacial score (nSPS) is 33.6. The highest BCUT2D eigenvalue weighted by atomic mass is 79.9. The van der Waals surface area contributed by atoms with Crippen molar-refractivity contribution in [1.29, 1.82) is 0 Å². The molecular weight excluding hydrogens is 326 g/mol. The number of unbranched alkanes of at least 4 members (excludes halogenated alkanes) is 1. The van der Waals surface area contributed by atoms with E-state index in [9.17, 15) is 4.79 Å². The first kappa shape index (κ1) is 17.3. The van der Waals surface area contributed by atoms with Gasteiger partial charge in [0.25, 0.3) is 0 Å². The molecule has 2 rings (SSSR count). The Morgan fingerprint density at radius 1 is 1.10 bits per heavy atom. The first-order valence-electron chi connectivity index (χ1n) is 9.12. The molecule has 2 aliphatic rings. The molecule has 0 saturated heterocycles. The Morgan fingerprint density at radius 2 is 1.81 bits per heavy atom. The van der Waals surface area contributed by atoms with E-state index in [0.29, 0.717) is 22.6 Å². The van der Waals surface area contributed by atoms with E-state index in [4.69, 9.17) is 0 Å². The summed E-state index contributed by atoms with van der Waals surface area (Å²) in [5.74, 6) is 2.15. The zero-order chi connectivity index (χ0) is 15.1. The third kappa shape index (κ3) is 5.58. The SMILES string of the molecule is CCCCC1CCC(C(=O)NCC2CCCCC2Br)CC1. The number of halogens is 1. The van der Waals surface area contributed by atoms with Gasteiger partial charge in [0, 0.05) is 17.3 Å². The Kier molecular flexibility index (Phi) is 7.56. The molecule has 0 aromatic heterocycles. The van der Waals surface area contributed by atoms with Crippen molar-refractivity contribution in [2.45, 2.75) is 82.4 Å². The van der Waals surface area contributed by atoms with Crippen LogP contribution in [0, 0.1) is 17.8 Å². The summed E-state index contributed by atoms with van der Waals surface area (Å²) < 4.78 is 0. The molecule has 1 amide bonds. The molecule has 2 aliphatic carbocycles. The van der Waals surface area contributed by atoms with Crippen molar-refractivity contribution in [3.05, 3.63) is 0 Å². The second-order valence-electron chi connectivity index (χ2n) is 7.17. The average molecular weight is 358 g/mol. The van der Waals surface area contributed by atoms with Gasteiger partial charge in [0.1, 0.15) is 0 Å². The van der Waals surface area contributed by atoms with E-state index >= 15 is 0 Å². The molecule has 0 radical (unpaired) electrons. The summed E-state index contributed by atoms with van der Waals surface area (Å²) in [5, 5.41) is 3.24. The van der Waals surface area contributed by atoms with Crippen molar-refractivity contribution in [1.82, 2.24) is 5.32 Å². The minimum absolute atomic E-state index is 0.292. The first-order valence-corrected chi connectivity index (χ1v) is 10.0. The van der Waals surface area contributed by atoms with Crippen LogP contribution < -0.4 is 5.32 Å². The van der Waals surface area contributed by atoms with Gasteiger partial charge in [-0.25, -0.2) is 0 Å². The summed E-state index contributed by atoms with van der Waals surface area (Å²) in [6.07, 6.45) is 14.0. The fraction of sp³-hybridized carbons (Fsp3) is 0.944. The molecule has 0 bridgehead atoms. The summed E-state index contributed by atoms with van der Waals surface area (Å²) >= 11 is 3.78. The highest BCUT2D eigenvalue weighted by molar-refractivity contribution is 9.09. The first-order chi connectivity index (χ1) is 10.2. The third-order valence-electron chi connectivity index (χ3n) is 5.54. The molecule has 122 valence electrons. The number of carbonyl (C=O) groups is 1. The molecule has 21 heavy (non-hydrogen) atoms. The van der Waals surface area contributed by atoms with Crippen LogP contribution in [0.25, 0.3) is 0 Å². The van der Waals surface area contributed by atoms with Crippen molar-refractivity contribution in [2.75, 3.05) is 6.54 Å². The van der Waals surface area contributed by atoms with Gasteiger partial charge in [-0.1, -0.05) is 55.0 Å². The molecule has 0 aliphatic heterocycles. The van der Waals surface area contributed by atoms with Crippen LogP contribution in [-0.4, -0.2) is 17.3 Å². The Morgan fingerprint density at radius 3 is 2.48 bits per heavy atom. The number of hydrogen-bond donors (Lipinski definition) is 1. The lowest BCUT2D eigenvalue weighted by atomic mass is 9.79. The van der Waals surface area contributed by atoms with Crippen LogP contribution in [0.4, 0.5) is 0 Å². The van der Waals surface area contributed by atoms with E-state index in [0.717, 1.165) is 25.3 Å². The highest BCUT2D eigenvalue weighted by Gasteiger charge is 2.28. The van der Waals surface area contributed by atoms with Gasteiger partial charge in [0.05, 0.1) is 0 Å². The molecule has 3 heteroatoms. The minimum atomic E-state index is 0.292. The van der Waals surface area contributed by atoms with Crippen molar-refractivity contribution < 1.29 is 4.79 Å². The van der Waals surface area contributed by atoms with E-state index in [1.807, 2.05) is 0 Å². The predicted octanol–water partition coefficient (Wildman–Crippen LogP) is 5.05. The second kappa shape index (κ2) is 9.17. The van der Waals surface area contributed by atoms with Gasteiger partial charge in [0.2, 0.25) is 5.91 Å². The largest absolute Gasteiger partial charge is 0.356 e. The standard InChI is InChI=1S/C18H32BrNO/c1-2-3-6-14-9-11-15(12-10-14)18(21)20-13-16-7-4-5-8-17(16)19/h14-17H,2-13H2,1H3,(H,20,21). The lowest BCUT2D eigenvalue weighted by Crippen LogP contribution is -2.38. The zero-order valence-electron chi connectivity index (χ0n) is 13.6. The van der Waals surface area contributed by atoms with Crippen LogP contribution in [0.5, 0.6) is 0 Å².